The number of benzene rings is 2. The summed E-state index contributed by atoms with van der Waals surface area (Å²) in [6.07, 6.45) is 0. The zero-order valence-corrected chi connectivity index (χ0v) is 10.9. The van der Waals surface area contributed by atoms with Gasteiger partial charge in [-0.25, -0.2) is 0 Å². The van der Waals surface area contributed by atoms with E-state index in [9.17, 15) is 10.1 Å². The Morgan fingerprint density at radius 2 is 1.75 bits per heavy atom. The summed E-state index contributed by atoms with van der Waals surface area (Å²) in [5.41, 5.74) is 7.66. The highest BCUT2D eigenvalue weighted by Crippen LogP contribution is 2.14. The van der Waals surface area contributed by atoms with Crippen molar-refractivity contribution in [2.24, 2.45) is 4.99 Å². The molecule has 0 saturated heterocycles. The van der Waals surface area contributed by atoms with E-state index in [4.69, 9.17) is 0 Å². The number of anilines is 1. The number of hydrogen-bond donors (Lipinski definition) is 2. The van der Waals surface area contributed by atoms with Crippen LogP contribution >= 0.6 is 0 Å². The van der Waals surface area contributed by atoms with E-state index in [0.717, 1.165) is 5.56 Å². The normalized spacial score (nSPS) is 10.9. The molecule has 0 fully saturated rings. The average Bonchev–Trinajstić information content (AvgIpc) is 2.49. The Bertz CT molecular complexity index is 609. The number of hydrazine groups is 1. The van der Waals surface area contributed by atoms with Crippen LogP contribution in [0, 0.1) is 10.1 Å². The number of nitro groups is 1. The van der Waals surface area contributed by atoms with Crippen LogP contribution in [0.4, 0.5) is 11.4 Å². The van der Waals surface area contributed by atoms with Gasteiger partial charge in [0.15, 0.2) is 0 Å². The van der Waals surface area contributed by atoms with Crippen LogP contribution in [0.3, 0.4) is 0 Å². The molecule has 0 saturated carbocycles. The molecule has 102 valence electrons. The summed E-state index contributed by atoms with van der Waals surface area (Å²) in [5.74, 6) is 0.684. The lowest BCUT2D eigenvalue weighted by Crippen LogP contribution is -2.30. The molecule has 2 aromatic carbocycles. The second kappa shape index (κ2) is 6.33. The maximum atomic E-state index is 10.6. The van der Waals surface area contributed by atoms with Crippen LogP contribution in [0.1, 0.15) is 5.56 Å². The zero-order chi connectivity index (χ0) is 14.4. The number of non-ortho nitro benzene ring substituents is 1. The van der Waals surface area contributed by atoms with E-state index in [2.05, 4.69) is 15.8 Å². The summed E-state index contributed by atoms with van der Waals surface area (Å²) in [7, 11) is 1.69. The van der Waals surface area contributed by atoms with Gasteiger partial charge < -0.3 is 0 Å². The van der Waals surface area contributed by atoms with Crippen LogP contribution < -0.4 is 10.9 Å². The van der Waals surface area contributed by atoms with E-state index < -0.39 is 4.92 Å². The molecular weight excluding hydrogens is 256 g/mol. The quantitative estimate of drug-likeness (QED) is 0.387. The lowest BCUT2D eigenvalue weighted by molar-refractivity contribution is -0.384. The minimum atomic E-state index is -0.430. The van der Waals surface area contributed by atoms with Gasteiger partial charge in [-0.2, -0.15) is 0 Å². The van der Waals surface area contributed by atoms with Gasteiger partial charge in [0.05, 0.1) is 10.6 Å². The molecule has 6 heteroatoms. The predicted octanol–water partition coefficient (Wildman–Crippen LogP) is 2.59. The maximum Gasteiger partial charge on any atom is 0.269 e. The fraction of sp³-hybridized carbons (Fsp3) is 0.0714. The molecule has 0 radical (unpaired) electrons. The molecule has 2 rings (SSSR count). The number of hydrogen-bond acceptors (Lipinski definition) is 4. The maximum absolute atomic E-state index is 10.6. The van der Waals surface area contributed by atoms with Crippen molar-refractivity contribution in [2.75, 3.05) is 12.5 Å². The van der Waals surface area contributed by atoms with Crippen molar-refractivity contribution in [3.8, 4) is 0 Å². The Morgan fingerprint density at radius 1 is 1.10 bits per heavy atom. The number of amidine groups is 1. The summed E-state index contributed by atoms with van der Waals surface area (Å²) in [6.45, 7) is 0. The fourth-order valence-electron chi connectivity index (χ4n) is 1.65. The van der Waals surface area contributed by atoms with Crippen molar-refractivity contribution < 1.29 is 4.92 Å². The summed E-state index contributed by atoms with van der Waals surface area (Å²) in [6, 6.07) is 15.8. The molecule has 0 amide bonds. The topological polar surface area (TPSA) is 79.6 Å². The van der Waals surface area contributed by atoms with Gasteiger partial charge in [-0.15, -0.1) is 0 Å². The average molecular weight is 270 g/mol. The highest BCUT2D eigenvalue weighted by atomic mass is 16.6. The van der Waals surface area contributed by atoms with E-state index in [1.54, 1.807) is 19.2 Å². The lowest BCUT2D eigenvalue weighted by atomic mass is 10.2. The number of aliphatic imine (C=N–C) groups is 1. The molecule has 0 aliphatic carbocycles. The predicted molar refractivity (Wildman–Crippen MR) is 78.8 cm³/mol. The standard InChI is InChI=1S/C14H14N4O2/c1-15-14(11-5-3-2-4-6-11)17-16-12-7-9-13(10-8-12)18(19)20/h2-10,16H,1H3,(H,15,17). The highest BCUT2D eigenvalue weighted by molar-refractivity contribution is 5.99. The van der Waals surface area contributed by atoms with Crippen molar-refractivity contribution in [2.45, 2.75) is 0 Å². The molecule has 0 aliphatic rings. The van der Waals surface area contributed by atoms with E-state index in [-0.39, 0.29) is 5.69 Å². The molecule has 2 aromatic rings. The molecule has 0 bridgehead atoms. The summed E-state index contributed by atoms with van der Waals surface area (Å²) < 4.78 is 0. The van der Waals surface area contributed by atoms with Gasteiger partial charge in [0.25, 0.3) is 5.69 Å². The minimum absolute atomic E-state index is 0.0583. The zero-order valence-electron chi connectivity index (χ0n) is 10.9. The third-order valence-electron chi connectivity index (χ3n) is 2.67. The Balaban J connectivity index is 2.02. The first-order valence-corrected chi connectivity index (χ1v) is 5.99. The molecule has 0 unspecified atom stereocenters. The van der Waals surface area contributed by atoms with Crippen molar-refractivity contribution in [1.29, 1.82) is 0 Å². The lowest BCUT2D eigenvalue weighted by Gasteiger charge is -2.11. The third kappa shape index (κ3) is 3.32. The first-order valence-electron chi connectivity index (χ1n) is 5.99. The van der Waals surface area contributed by atoms with E-state index in [1.165, 1.54) is 12.1 Å². The van der Waals surface area contributed by atoms with Gasteiger partial charge in [0, 0.05) is 24.7 Å². The molecule has 6 nitrogen and oxygen atoms in total. The monoisotopic (exact) mass is 270 g/mol. The minimum Gasteiger partial charge on any atom is -0.300 e. The number of nitro benzene ring substituents is 1. The first-order chi connectivity index (χ1) is 9.70. The highest BCUT2D eigenvalue weighted by Gasteiger charge is 2.04. The van der Waals surface area contributed by atoms with Gasteiger partial charge in [0.1, 0.15) is 5.84 Å². The Morgan fingerprint density at radius 3 is 2.30 bits per heavy atom. The molecule has 0 atom stereocenters. The van der Waals surface area contributed by atoms with Crippen molar-refractivity contribution in [3.63, 3.8) is 0 Å². The number of nitrogens with one attached hydrogen (secondary N) is 2. The number of rotatable bonds is 4. The van der Waals surface area contributed by atoms with Crippen LogP contribution in [0.15, 0.2) is 59.6 Å². The Hall–Kier alpha value is -2.89. The number of nitrogens with zero attached hydrogens (tertiary/aromatic N) is 2. The van der Waals surface area contributed by atoms with Crippen LogP contribution in [-0.2, 0) is 0 Å². The molecule has 20 heavy (non-hydrogen) atoms. The fourth-order valence-corrected chi connectivity index (χ4v) is 1.65. The summed E-state index contributed by atoms with van der Waals surface area (Å²) in [4.78, 5) is 14.3. The van der Waals surface area contributed by atoms with Gasteiger partial charge in [-0.1, -0.05) is 30.3 Å². The molecule has 0 heterocycles. The van der Waals surface area contributed by atoms with Crippen molar-refractivity contribution >= 4 is 17.2 Å². The largest absolute Gasteiger partial charge is 0.300 e. The molecule has 2 N–H and O–H groups in total. The van der Waals surface area contributed by atoms with Crippen LogP contribution in [-0.4, -0.2) is 17.8 Å². The first kappa shape index (κ1) is 13.5. The van der Waals surface area contributed by atoms with Gasteiger partial charge in [-0.3, -0.25) is 26.0 Å². The smallest absolute Gasteiger partial charge is 0.269 e. The molecule has 0 aromatic heterocycles. The Labute approximate surface area is 116 Å². The van der Waals surface area contributed by atoms with Gasteiger partial charge in [-0.05, 0) is 12.1 Å². The van der Waals surface area contributed by atoms with E-state index in [0.29, 0.717) is 11.5 Å². The SMILES string of the molecule is CN=C(NNc1ccc([N+](=O)[O-])cc1)c1ccccc1. The molecule has 0 aliphatic heterocycles. The summed E-state index contributed by atoms with van der Waals surface area (Å²) >= 11 is 0. The van der Waals surface area contributed by atoms with Crippen LogP contribution in [0.2, 0.25) is 0 Å². The van der Waals surface area contributed by atoms with Gasteiger partial charge in [0.2, 0.25) is 0 Å². The van der Waals surface area contributed by atoms with Gasteiger partial charge >= 0.3 is 0 Å². The summed E-state index contributed by atoms with van der Waals surface area (Å²) in [5, 5.41) is 10.6. The van der Waals surface area contributed by atoms with Crippen LogP contribution in [0.5, 0.6) is 0 Å². The second-order valence-electron chi connectivity index (χ2n) is 3.99. The Kier molecular flexibility index (Phi) is 4.28. The second-order valence-corrected chi connectivity index (χ2v) is 3.99. The van der Waals surface area contributed by atoms with Crippen molar-refractivity contribution in [3.05, 3.63) is 70.3 Å². The van der Waals surface area contributed by atoms with E-state index >= 15 is 0 Å². The molecule has 0 spiro atoms. The van der Waals surface area contributed by atoms with Crippen molar-refractivity contribution in [1.82, 2.24) is 5.43 Å². The third-order valence-corrected chi connectivity index (χ3v) is 2.67. The van der Waals surface area contributed by atoms with E-state index in [1.807, 2.05) is 30.3 Å². The van der Waals surface area contributed by atoms with Crippen LogP contribution in [0.25, 0.3) is 0 Å². The molecular formula is C14H14N4O2.